The second-order valence-electron chi connectivity index (χ2n) is 4.80. The van der Waals surface area contributed by atoms with Crippen LogP contribution in [0.5, 0.6) is 0 Å². The molecule has 0 heterocycles. The van der Waals surface area contributed by atoms with Crippen LogP contribution in [-0.4, -0.2) is 30.3 Å². The Balaban J connectivity index is 2.01. The number of ether oxygens (including phenoxy) is 1. The van der Waals surface area contributed by atoms with Crippen molar-refractivity contribution >= 4 is 5.97 Å². The van der Waals surface area contributed by atoms with Crippen molar-refractivity contribution in [1.29, 1.82) is 0 Å². The van der Waals surface area contributed by atoms with Crippen LogP contribution in [0.25, 0.3) is 0 Å². The van der Waals surface area contributed by atoms with E-state index in [1.165, 1.54) is 0 Å². The Morgan fingerprint density at radius 1 is 1.44 bits per heavy atom. The lowest BCUT2D eigenvalue weighted by atomic mass is 9.79. The van der Waals surface area contributed by atoms with Gasteiger partial charge in [-0.05, 0) is 24.8 Å². The van der Waals surface area contributed by atoms with Gasteiger partial charge >= 0.3 is 5.97 Å². The Morgan fingerprint density at radius 2 is 2.11 bits per heavy atom. The highest BCUT2D eigenvalue weighted by Gasteiger charge is 2.37. The van der Waals surface area contributed by atoms with Crippen LogP contribution in [0.1, 0.15) is 30.9 Å². The topological polar surface area (TPSA) is 58.6 Å². The third-order valence-electron chi connectivity index (χ3n) is 3.71. The number of rotatable bonds is 6. The number of methoxy groups -OCH3 is 1. The van der Waals surface area contributed by atoms with Crippen molar-refractivity contribution in [3.8, 4) is 0 Å². The summed E-state index contributed by atoms with van der Waals surface area (Å²) in [5, 5.41) is 12.4. The molecule has 4 heteroatoms. The summed E-state index contributed by atoms with van der Waals surface area (Å²) in [6.07, 6.45) is 3.15. The molecule has 1 fully saturated rings. The molecule has 2 N–H and O–H groups in total. The number of benzene rings is 1. The SMILES string of the molecule is COC1(CNC(C(=O)O)c2ccccc2)CCC1. The molecular weight excluding hydrogens is 230 g/mol. The zero-order chi connectivity index (χ0) is 13.0. The summed E-state index contributed by atoms with van der Waals surface area (Å²) < 4.78 is 5.48. The first kappa shape index (κ1) is 13.1. The molecule has 0 aromatic heterocycles. The maximum atomic E-state index is 11.3. The van der Waals surface area contributed by atoms with E-state index in [4.69, 9.17) is 4.74 Å². The summed E-state index contributed by atoms with van der Waals surface area (Å²) in [7, 11) is 1.69. The Labute approximate surface area is 107 Å². The average Bonchev–Trinajstić information content (AvgIpc) is 2.33. The van der Waals surface area contributed by atoms with Crippen LogP contribution in [0.3, 0.4) is 0 Å². The third kappa shape index (κ3) is 2.71. The summed E-state index contributed by atoms with van der Waals surface area (Å²) in [4.78, 5) is 11.3. The van der Waals surface area contributed by atoms with Gasteiger partial charge in [-0.15, -0.1) is 0 Å². The van der Waals surface area contributed by atoms with Gasteiger partial charge in [0, 0.05) is 13.7 Å². The molecule has 4 nitrogen and oxygen atoms in total. The van der Waals surface area contributed by atoms with Crippen molar-refractivity contribution in [3.05, 3.63) is 35.9 Å². The molecule has 0 saturated heterocycles. The summed E-state index contributed by atoms with van der Waals surface area (Å²) in [5.41, 5.74) is 0.609. The number of nitrogens with one attached hydrogen (secondary N) is 1. The molecule has 0 aliphatic heterocycles. The summed E-state index contributed by atoms with van der Waals surface area (Å²) in [5.74, 6) is -0.855. The quantitative estimate of drug-likeness (QED) is 0.809. The van der Waals surface area contributed by atoms with Gasteiger partial charge < -0.3 is 9.84 Å². The average molecular weight is 249 g/mol. The van der Waals surface area contributed by atoms with Crippen molar-refractivity contribution < 1.29 is 14.6 Å². The second kappa shape index (κ2) is 5.50. The zero-order valence-electron chi connectivity index (χ0n) is 10.6. The Hall–Kier alpha value is -1.39. The van der Waals surface area contributed by atoms with Crippen molar-refractivity contribution in [2.45, 2.75) is 30.9 Å². The maximum absolute atomic E-state index is 11.3. The monoisotopic (exact) mass is 249 g/mol. The lowest BCUT2D eigenvalue weighted by Crippen LogP contribution is -2.49. The first-order valence-electron chi connectivity index (χ1n) is 6.23. The van der Waals surface area contributed by atoms with Crippen LogP contribution < -0.4 is 5.32 Å². The van der Waals surface area contributed by atoms with E-state index in [-0.39, 0.29) is 5.60 Å². The van der Waals surface area contributed by atoms with Crippen molar-refractivity contribution in [2.75, 3.05) is 13.7 Å². The fourth-order valence-electron chi connectivity index (χ4n) is 2.31. The van der Waals surface area contributed by atoms with E-state index in [0.29, 0.717) is 6.54 Å². The molecular formula is C14H19NO3. The fraction of sp³-hybridized carbons (Fsp3) is 0.500. The van der Waals surface area contributed by atoms with Gasteiger partial charge in [0.2, 0.25) is 0 Å². The molecule has 1 aliphatic rings. The highest BCUT2D eigenvalue weighted by Crippen LogP contribution is 2.34. The van der Waals surface area contributed by atoms with Gasteiger partial charge in [-0.25, -0.2) is 0 Å². The van der Waals surface area contributed by atoms with Gasteiger partial charge in [0.05, 0.1) is 5.60 Å². The van der Waals surface area contributed by atoms with Gasteiger partial charge in [0.15, 0.2) is 0 Å². The number of hydrogen-bond acceptors (Lipinski definition) is 3. The van der Waals surface area contributed by atoms with Gasteiger partial charge in [0.25, 0.3) is 0 Å². The molecule has 1 aromatic rings. The minimum atomic E-state index is -0.855. The highest BCUT2D eigenvalue weighted by molar-refractivity contribution is 5.75. The summed E-state index contributed by atoms with van der Waals surface area (Å²) >= 11 is 0. The Kier molecular flexibility index (Phi) is 3.99. The third-order valence-corrected chi connectivity index (χ3v) is 3.71. The molecule has 1 aliphatic carbocycles. The second-order valence-corrected chi connectivity index (χ2v) is 4.80. The van der Waals surface area contributed by atoms with Crippen molar-refractivity contribution in [2.24, 2.45) is 0 Å². The molecule has 0 bridgehead atoms. The first-order chi connectivity index (χ1) is 8.67. The van der Waals surface area contributed by atoms with E-state index in [0.717, 1.165) is 24.8 Å². The lowest BCUT2D eigenvalue weighted by Gasteiger charge is -2.41. The molecule has 1 atom stereocenters. The molecule has 0 amide bonds. The first-order valence-corrected chi connectivity index (χ1v) is 6.23. The fourth-order valence-corrected chi connectivity index (χ4v) is 2.31. The number of hydrogen-bond donors (Lipinski definition) is 2. The number of carboxylic acid groups (broad SMARTS) is 1. The molecule has 1 unspecified atom stereocenters. The van der Waals surface area contributed by atoms with E-state index < -0.39 is 12.0 Å². The van der Waals surface area contributed by atoms with Crippen LogP contribution in [0.2, 0.25) is 0 Å². The summed E-state index contributed by atoms with van der Waals surface area (Å²) in [6.45, 7) is 0.579. The van der Waals surface area contributed by atoms with Crippen LogP contribution in [0.15, 0.2) is 30.3 Å². The molecule has 0 spiro atoms. The molecule has 1 aromatic carbocycles. The van der Waals surface area contributed by atoms with Gasteiger partial charge in [-0.2, -0.15) is 0 Å². The van der Waals surface area contributed by atoms with Gasteiger partial charge in [-0.3, -0.25) is 10.1 Å². The molecule has 98 valence electrons. The number of carboxylic acids is 1. The molecule has 0 radical (unpaired) electrons. The van der Waals surface area contributed by atoms with Crippen LogP contribution in [0.4, 0.5) is 0 Å². The van der Waals surface area contributed by atoms with Crippen LogP contribution in [-0.2, 0) is 9.53 Å². The zero-order valence-corrected chi connectivity index (χ0v) is 10.6. The van der Waals surface area contributed by atoms with Gasteiger partial charge in [-0.1, -0.05) is 30.3 Å². The van der Waals surface area contributed by atoms with Crippen LogP contribution >= 0.6 is 0 Å². The van der Waals surface area contributed by atoms with E-state index in [1.807, 2.05) is 30.3 Å². The number of carbonyl (C=O) groups is 1. The normalized spacial score (nSPS) is 18.9. The smallest absolute Gasteiger partial charge is 0.325 e. The standard InChI is InChI=1S/C14H19NO3/c1-18-14(8-5-9-14)10-15-12(13(16)17)11-6-3-2-4-7-11/h2-4,6-7,12,15H,5,8-10H2,1H3,(H,16,17). The van der Waals surface area contributed by atoms with E-state index in [1.54, 1.807) is 7.11 Å². The van der Waals surface area contributed by atoms with E-state index in [9.17, 15) is 9.90 Å². The Bertz CT molecular complexity index is 395. The lowest BCUT2D eigenvalue weighted by molar-refractivity contribution is -0.140. The minimum absolute atomic E-state index is 0.164. The summed E-state index contributed by atoms with van der Waals surface area (Å²) in [6, 6.07) is 8.56. The van der Waals surface area contributed by atoms with Crippen molar-refractivity contribution in [3.63, 3.8) is 0 Å². The van der Waals surface area contributed by atoms with E-state index >= 15 is 0 Å². The maximum Gasteiger partial charge on any atom is 0.325 e. The molecule has 2 rings (SSSR count). The highest BCUT2D eigenvalue weighted by atomic mass is 16.5. The van der Waals surface area contributed by atoms with E-state index in [2.05, 4.69) is 5.32 Å². The predicted molar refractivity (Wildman–Crippen MR) is 68.4 cm³/mol. The van der Waals surface area contributed by atoms with Crippen molar-refractivity contribution in [1.82, 2.24) is 5.32 Å². The molecule has 18 heavy (non-hydrogen) atoms. The molecule has 1 saturated carbocycles. The predicted octanol–water partition coefficient (Wildman–Crippen LogP) is 1.97. The number of aliphatic carboxylic acids is 1. The van der Waals surface area contributed by atoms with Gasteiger partial charge in [0.1, 0.15) is 6.04 Å². The largest absolute Gasteiger partial charge is 0.480 e. The van der Waals surface area contributed by atoms with Crippen LogP contribution in [0, 0.1) is 0 Å². The Morgan fingerprint density at radius 3 is 2.56 bits per heavy atom. The minimum Gasteiger partial charge on any atom is -0.480 e.